The second kappa shape index (κ2) is 7.02. The Balaban J connectivity index is 1.81. The molecule has 0 aliphatic carbocycles. The van der Waals surface area contributed by atoms with E-state index in [2.05, 4.69) is 10.3 Å². The molecule has 0 bridgehead atoms. The highest BCUT2D eigenvalue weighted by Crippen LogP contribution is 2.34. The van der Waals surface area contributed by atoms with Gasteiger partial charge in [-0.25, -0.2) is 0 Å². The Kier molecular flexibility index (Phi) is 4.56. The van der Waals surface area contributed by atoms with Crippen molar-refractivity contribution < 1.29 is 9.32 Å². The van der Waals surface area contributed by atoms with Crippen LogP contribution in [0.1, 0.15) is 16.1 Å². The van der Waals surface area contributed by atoms with Crippen molar-refractivity contribution in [2.45, 2.75) is 6.92 Å². The molecule has 0 amide bonds. The van der Waals surface area contributed by atoms with Gasteiger partial charge < -0.3 is 4.52 Å². The maximum absolute atomic E-state index is 12.9. The zero-order valence-corrected chi connectivity index (χ0v) is 15.7. The smallest absolute Gasteiger partial charge is 0.278 e. The third-order valence-corrected chi connectivity index (χ3v) is 4.67. The minimum Gasteiger partial charge on any atom is -0.360 e. The lowest BCUT2D eigenvalue weighted by molar-refractivity contribution is 0.0947. The van der Waals surface area contributed by atoms with Crippen molar-refractivity contribution in [3.8, 4) is 22.5 Å². The van der Waals surface area contributed by atoms with E-state index < -0.39 is 0 Å². The third-order valence-electron chi connectivity index (χ3n) is 4.16. The number of carbonyl (C=O) groups excluding carboxylic acids is 1. The lowest BCUT2D eigenvalue weighted by atomic mass is 10.0. The molecule has 2 heterocycles. The molecule has 2 aromatic carbocycles. The maximum Gasteiger partial charge on any atom is 0.278 e. The predicted molar refractivity (Wildman–Crippen MR) is 104 cm³/mol. The van der Waals surface area contributed by atoms with Gasteiger partial charge in [-0.2, -0.15) is 9.78 Å². The first kappa shape index (κ1) is 17.5. The number of benzene rings is 2. The van der Waals surface area contributed by atoms with E-state index in [0.717, 1.165) is 5.56 Å². The number of hydrogen-bond donors (Lipinski definition) is 0. The molecule has 0 aliphatic heterocycles. The fraction of sp³-hybridized carbons (Fsp3) is 0.0500. The largest absolute Gasteiger partial charge is 0.360 e. The molecule has 134 valence electrons. The van der Waals surface area contributed by atoms with Gasteiger partial charge in [0.25, 0.3) is 5.91 Å². The molecule has 27 heavy (non-hydrogen) atoms. The van der Waals surface area contributed by atoms with Gasteiger partial charge in [0.15, 0.2) is 0 Å². The quantitative estimate of drug-likeness (QED) is 0.457. The summed E-state index contributed by atoms with van der Waals surface area (Å²) in [6.07, 6.45) is 1.57. The van der Waals surface area contributed by atoms with Crippen LogP contribution in [0.5, 0.6) is 0 Å². The van der Waals surface area contributed by atoms with Gasteiger partial charge in [0.05, 0.1) is 17.5 Å². The number of nitrogens with zero attached hydrogens (tertiary/aromatic N) is 3. The van der Waals surface area contributed by atoms with Gasteiger partial charge in [0.1, 0.15) is 11.5 Å². The van der Waals surface area contributed by atoms with E-state index in [1.807, 2.05) is 12.1 Å². The van der Waals surface area contributed by atoms with E-state index >= 15 is 0 Å². The van der Waals surface area contributed by atoms with Gasteiger partial charge in [-0.3, -0.25) is 4.79 Å². The van der Waals surface area contributed by atoms with E-state index in [-0.39, 0.29) is 5.91 Å². The van der Waals surface area contributed by atoms with Crippen molar-refractivity contribution in [3.63, 3.8) is 0 Å². The fourth-order valence-corrected chi connectivity index (χ4v) is 3.10. The van der Waals surface area contributed by atoms with Gasteiger partial charge >= 0.3 is 0 Å². The number of carbonyl (C=O) groups is 1. The maximum atomic E-state index is 12.9. The minimum atomic E-state index is -0.269. The monoisotopic (exact) mass is 397 g/mol. The number of hydrogen-bond acceptors (Lipinski definition) is 4. The van der Waals surface area contributed by atoms with Gasteiger partial charge in [-0.15, -0.1) is 0 Å². The number of aromatic nitrogens is 3. The van der Waals surface area contributed by atoms with E-state index in [0.29, 0.717) is 38.3 Å². The van der Waals surface area contributed by atoms with Crippen molar-refractivity contribution in [2.24, 2.45) is 0 Å². The van der Waals surface area contributed by atoms with Crippen LogP contribution in [0.2, 0.25) is 10.0 Å². The summed E-state index contributed by atoms with van der Waals surface area (Å²) in [4.78, 5) is 12.9. The highest BCUT2D eigenvalue weighted by atomic mass is 35.5. The molecule has 4 rings (SSSR count). The molecule has 0 N–H and O–H groups in total. The molecule has 5 nitrogen and oxygen atoms in total. The lowest BCUT2D eigenvalue weighted by Gasteiger charge is -2.07. The van der Waals surface area contributed by atoms with Crippen molar-refractivity contribution in [3.05, 3.63) is 82.2 Å². The summed E-state index contributed by atoms with van der Waals surface area (Å²) in [7, 11) is 0. The predicted octanol–water partition coefficient (Wildman–Crippen LogP) is 5.51. The molecule has 0 atom stereocenters. The van der Waals surface area contributed by atoms with Crippen LogP contribution in [0, 0.1) is 6.92 Å². The highest BCUT2D eigenvalue weighted by molar-refractivity contribution is 6.31. The van der Waals surface area contributed by atoms with Gasteiger partial charge in [0.2, 0.25) is 0 Å². The number of halogens is 2. The zero-order chi connectivity index (χ0) is 19.0. The van der Waals surface area contributed by atoms with Gasteiger partial charge in [-0.1, -0.05) is 40.5 Å². The van der Waals surface area contributed by atoms with Crippen molar-refractivity contribution in [2.75, 3.05) is 0 Å². The summed E-state index contributed by atoms with van der Waals surface area (Å²) in [5.41, 5.74) is 3.23. The van der Waals surface area contributed by atoms with Gasteiger partial charge in [-0.05, 0) is 49.4 Å². The van der Waals surface area contributed by atoms with E-state index in [1.54, 1.807) is 55.6 Å². The summed E-state index contributed by atoms with van der Waals surface area (Å²) in [6, 6.07) is 15.7. The molecule has 7 heteroatoms. The van der Waals surface area contributed by atoms with Crippen LogP contribution in [-0.2, 0) is 0 Å². The second-order valence-corrected chi connectivity index (χ2v) is 6.78. The Hall–Kier alpha value is -2.89. The average molecular weight is 398 g/mol. The summed E-state index contributed by atoms with van der Waals surface area (Å²) in [6.45, 7) is 1.80. The summed E-state index contributed by atoms with van der Waals surface area (Å²) < 4.78 is 6.74. The highest BCUT2D eigenvalue weighted by Gasteiger charge is 2.23. The molecule has 0 spiro atoms. The van der Waals surface area contributed by atoms with E-state index in [4.69, 9.17) is 27.7 Å². The second-order valence-electron chi connectivity index (χ2n) is 5.91. The Labute approximate surface area is 165 Å². The molecule has 0 fully saturated rings. The number of rotatable bonds is 3. The van der Waals surface area contributed by atoms with Crippen LogP contribution in [0.25, 0.3) is 22.5 Å². The van der Waals surface area contributed by atoms with Crippen LogP contribution < -0.4 is 0 Å². The van der Waals surface area contributed by atoms with Crippen LogP contribution >= 0.6 is 23.2 Å². The zero-order valence-electron chi connectivity index (χ0n) is 14.2. The summed E-state index contributed by atoms with van der Waals surface area (Å²) >= 11 is 11.9. The molecule has 0 radical (unpaired) electrons. The molecule has 0 saturated heterocycles. The molecular weight excluding hydrogens is 385 g/mol. The Morgan fingerprint density at radius 2 is 1.59 bits per heavy atom. The van der Waals surface area contributed by atoms with Crippen LogP contribution in [0.4, 0.5) is 0 Å². The first-order valence-electron chi connectivity index (χ1n) is 8.11. The lowest BCUT2D eigenvalue weighted by Crippen LogP contribution is -2.15. The van der Waals surface area contributed by atoms with Crippen molar-refractivity contribution in [1.29, 1.82) is 0 Å². The van der Waals surface area contributed by atoms with Crippen LogP contribution in [0.3, 0.4) is 0 Å². The molecular formula is C20H13Cl2N3O2. The molecule has 4 aromatic rings. The Bertz CT molecular complexity index is 1110. The minimum absolute atomic E-state index is 0.269. The van der Waals surface area contributed by atoms with Crippen LogP contribution in [-0.4, -0.2) is 20.8 Å². The first-order valence-corrected chi connectivity index (χ1v) is 8.87. The Morgan fingerprint density at radius 1 is 0.963 bits per heavy atom. The first-order chi connectivity index (χ1) is 13.0. The molecule has 0 saturated carbocycles. The third kappa shape index (κ3) is 3.27. The number of aryl methyl sites for hydroxylation is 1. The molecule has 0 aliphatic rings. The Morgan fingerprint density at radius 3 is 2.26 bits per heavy atom. The van der Waals surface area contributed by atoms with Crippen molar-refractivity contribution >= 4 is 29.1 Å². The van der Waals surface area contributed by atoms with Gasteiger partial charge in [0, 0.05) is 21.2 Å². The molecule has 0 unspecified atom stereocenters. The fourth-order valence-electron chi connectivity index (χ4n) is 2.85. The standard InChI is InChI=1S/C20H13Cl2N3O2/c1-12-18(19(24-27-12)13-2-6-15(21)7-3-13)17-10-11-23-25(17)20(26)14-4-8-16(22)9-5-14/h2-11H,1H3. The average Bonchev–Trinajstić information content (AvgIpc) is 3.28. The topological polar surface area (TPSA) is 60.9 Å². The molecule has 2 aromatic heterocycles. The summed E-state index contributed by atoms with van der Waals surface area (Å²) in [5.74, 6) is 0.319. The normalized spacial score (nSPS) is 10.9. The van der Waals surface area contributed by atoms with E-state index in [9.17, 15) is 4.79 Å². The van der Waals surface area contributed by atoms with Crippen LogP contribution in [0.15, 0.2) is 65.3 Å². The SMILES string of the molecule is Cc1onc(-c2ccc(Cl)cc2)c1-c1ccnn1C(=O)c1ccc(Cl)cc1. The van der Waals surface area contributed by atoms with E-state index in [1.165, 1.54) is 4.68 Å². The summed E-state index contributed by atoms with van der Waals surface area (Å²) in [5, 5.41) is 9.56. The van der Waals surface area contributed by atoms with Crippen molar-refractivity contribution in [1.82, 2.24) is 14.9 Å².